The van der Waals surface area contributed by atoms with Crippen molar-refractivity contribution < 1.29 is 9.47 Å². The van der Waals surface area contributed by atoms with Crippen LogP contribution in [0.5, 0.6) is 11.6 Å². The lowest BCUT2D eigenvalue weighted by molar-refractivity contribution is 0.286. The zero-order valence-electron chi connectivity index (χ0n) is 14.6. The number of anilines is 1. The molecule has 0 bridgehead atoms. The average molecular weight is 367 g/mol. The number of pyridine rings is 1. The molecule has 1 N–H and O–H groups in total. The van der Waals surface area contributed by atoms with Gasteiger partial charge in [-0.1, -0.05) is 35.9 Å². The van der Waals surface area contributed by atoms with Gasteiger partial charge in [0.1, 0.15) is 12.4 Å². The lowest BCUT2D eigenvalue weighted by atomic mass is 10.0. The van der Waals surface area contributed by atoms with E-state index in [2.05, 4.69) is 16.4 Å². The number of nitrogens with one attached hydrogen (secondary N) is 1. The van der Waals surface area contributed by atoms with E-state index in [4.69, 9.17) is 21.1 Å². The van der Waals surface area contributed by atoms with Gasteiger partial charge in [0, 0.05) is 22.8 Å². The lowest BCUT2D eigenvalue weighted by Crippen LogP contribution is -2.24. The first-order chi connectivity index (χ1) is 12.7. The van der Waals surface area contributed by atoms with Crippen LogP contribution in [0.1, 0.15) is 17.2 Å². The lowest BCUT2D eigenvalue weighted by Gasteiger charge is -2.28. The first kappa shape index (κ1) is 16.7. The Balaban J connectivity index is 1.63. The molecule has 5 heteroatoms. The van der Waals surface area contributed by atoms with E-state index < -0.39 is 0 Å². The van der Waals surface area contributed by atoms with Crippen LogP contribution in [0, 0.1) is 6.92 Å². The second-order valence-corrected chi connectivity index (χ2v) is 6.69. The number of aromatic nitrogens is 1. The summed E-state index contributed by atoms with van der Waals surface area (Å²) in [7, 11) is 1.62. The van der Waals surface area contributed by atoms with Crippen molar-refractivity contribution in [3.05, 3.63) is 70.9 Å². The van der Waals surface area contributed by atoms with Crippen molar-refractivity contribution >= 4 is 17.3 Å². The summed E-state index contributed by atoms with van der Waals surface area (Å²) in [6.07, 6.45) is 1.83. The summed E-state index contributed by atoms with van der Waals surface area (Å²) in [4.78, 5) is 4.31. The van der Waals surface area contributed by atoms with E-state index in [9.17, 15) is 0 Å². The van der Waals surface area contributed by atoms with Gasteiger partial charge in [-0.05, 0) is 41.8 Å². The van der Waals surface area contributed by atoms with Gasteiger partial charge >= 0.3 is 0 Å². The second-order valence-electron chi connectivity index (χ2n) is 6.28. The molecule has 1 aliphatic rings. The summed E-state index contributed by atoms with van der Waals surface area (Å²) >= 11 is 6.32. The average Bonchev–Trinajstić information content (AvgIpc) is 2.67. The Morgan fingerprint density at radius 3 is 2.81 bits per heavy atom. The molecule has 0 spiro atoms. The van der Waals surface area contributed by atoms with Crippen molar-refractivity contribution in [3.8, 4) is 22.8 Å². The van der Waals surface area contributed by atoms with Crippen LogP contribution in [0.3, 0.4) is 0 Å². The van der Waals surface area contributed by atoms with E-state index in [0.29, 0.717) is 12.5 Å². The molecule has 4 nitrogen and oxygen atoms in total. The monoisotopic (exact) mass is 366 g/mol. The number of benzene rings is 2. The highest BCUT2D eigenvalue weighted by atomic mass is 35.5. The van der Waals surface area contributed by atoms with Gasteiger partial charge in [0.05, 0.1) is 18.8 Å². The molecule has 0 fully saturated rings. The third-order valence-electron chi connectivity index (χ3n) is 4.60. The zero-order valence-corrected chi connectivity index (χ0v) is 15.4. The van der Waals surface area contributed by atoms with Crippen LogP contribution in [-0.4, -0.2) is 18.7 Å². The van der Waals surface area contributed by atoms with Crippen molar-refractivity contribution in [1.82, 2.24) is 4.98 Å². The molecule has 2 aromatic carbocycles. The fourth-order valence-corrected chi connectivity index (χ4v) is 3.47. The van der Waals surface area contributed by atoms with E-state index in [1.807, 2.05) is 55.6 Å². The normalized spacial score (nSPS) is 15.6. The Labute approximate surface area is 157 Å². The molecule has 0 saturated carbocycles. The Hall–Kier alpha value is -2.72. The molecular formula is C21H19ClN2O2. The molecule has 0 aliphatic carbocycles. The topological polar surface area (TPSA) is 43.4 Å². The molecule has 1 atom stereocenters. The highest BCUT2D eigenvalue weighted by molar-refractivity contribution is 6.31. The number of rotatable bonds is 3. The largest absolute Gasteiger partial charge is 0.489 e. The van der Waals surface area contributed by atoms with Crippen molar-refractivity contribution in [2.45, 2.75) is 13.0 Å². The van der Waals surface area contributed by atoms with Crippen LogP contribution in [0.15, 0.2) is 54.7 Å². The first-order valence-electron chi connectivity index (χ1n) is 8.44. The summed E-state index contributed by atoms with van der Waals surface area (Å²) in [5, 5.41) is 4.26. The zero-order chi connectivity index (χ0) is 18.1. The van der Waals surface area contributed by atoms with E-state index in [-0.39, 0.29) is 6.04 Å². The van der Waals surface area contributed by atoms with Crippen LogP contribution in [-0.2, 0) is 0 Å². The molecule has 3 aromatic rings. The molecule has 26 heavy (non-hydrogen) atoms. The maximum absolute atomic E-state index is 6.32. The van der Waals surface area contributed by atoms with Crippen molar-refractivity contribution in [2.75, 3.05) is 19.0 Å². The highest BCUT2D eigenvalue weighted by Gasteiger charge is 2.22. The minimum absolute atomic E-state index is 0.0337. The number of hydrogen-bond acceptors (Lipinski definition) is 4. The Morgan fingerprint density at radius 2 is 2.04 bits per heavy atom. The Morgan fingerprint density at radius 1 is 1.19 bits per heavy atom. The van der Waals surface area contributed by atoms with Crippen LogP contribution in [0.25, 0.3) is 11.1 Å². The SMILES string of the molecule is COc1cc(C)c(-c2ccc3c(c2)OCC(c2ccccc2Cl)N3)cn1. The highest BCUT2D eigenvalue weighted by Crippen LogP contribution is 2.38. The molecule has 0 saturated heterocycles. The third-order valence-corrected chi connectivity index (χ3v) is 4.95. The van der Waals surface area contributed by atoms with Gasteiger partial charge < -0.3 is 14.8 Å². The van der Waals surface area contributed by atoms with Gasteiger partial charge in [-0.15, -0.1) is 0 Å². The first-order valence-corrected chi connectivity index (χ1v) is 8.82. The van der Waals surface area contributed by atoms with E-state index >= 15 is 0 Å². The summed E-state index contributed by atoms with van der Waals surface area (Å²) in [6, 6.07) is 16.0. The maximum Gasteiger partial charge on any atom is 0.213 e. The molecule has 1 aromatic heterocycles. The standard InChI is InChI=1S/C21H19ClN2O2/c1-13-9-21(25-2)23-11-16(13)14-7-8-18-20(10-14)26-12-19(24-18)15-5-3-4-6-17(15)22/h3-11,19,24H,12H2,1-2H3. The minimum atomic E-state index is 0.0337. The number of aryl methyl sites for hydroxylation is 1. The number of methoxy groups -OCH3 is 1. The van der Waals surface area contributed by atoms with E-state index in [1.54, 1.807) is 7.11 Å². The van der Waals surface area contributed by atoms with Crippen LogP contribution in [0.4, 0.5) is 5.69 Å². The number of nitrogens with zero attached hydrogens (tertiary/aromatic N) is 1. The van der Waals surface area contributed by atoms with Crippen LogP contribution < -0.4 is 14.8 Å². The van der Waals surface area contributed by atoms with E-state index in [0.717, 1.165) is 38.7 Å². The molecule has 0 radical (unpaired) electrons. The smallest absolute Gasteiger partial charge is 0.213 e. The molecule has 132 valence electrons. The third kappa shape index (κ3) is 3.08. The van der Waals surface area contributed by atoms with Gasteiger partial charge in [0.2, 0.25) is 5.88 Å². The van der Waals surface area contributed by atoms with Crippen LogP contribution in [0.2, 0.25) is 5.02 Å². The fraction of sp³-hybridized carbons (Fsp3) is 0.190. The molecular weight excluding hydrogens is 348 g/mol. The van der Waals surface area contributed by atoms with Gasteiger partial charge in [-0.2, -0.15) is 0 Å². The molecule has 1 unspecified atom stereocenters. The quantitative estimate of drug-likeness (QED) is 0.686. The summed E-state index contributed by atoms with van der Waals surface area (Å²) in [6.45, 7) is 2.57. The van der Waals surface area contributed by atoms with Crippen molar-refractivity contribution in [3.63, 3.8) is 0 Å². The number of ether oxygens (including phenoxy) is 2. The van der Waals surface area contributed by atoms with Crippen molar-refractivity contribution in [2.24, 2.45) is 0 Å². The van der Waals surface area contributed by atoms with Gasteiger partial charge in [0.15, 0.2) is 0 Å². The maximum atomic E-state index is 6.32. The minimum Gasteiger partial charge on any atom is -0.489 e. The Bertz CT molecular complexity index is 958. The summed E-state index contributed by atoms with van der Waals surface area (Å²) in [5.74, 6) is 1.45. The second kappa shape index (κ2) is 6.89. The van der Waals surface area contributed by atoms with Crippen molar-refractivity contribution in [1.29, 1.82) is 0 Å². The number of halogens is 1. The van der Waals surface area contributed by atoms with E-state index in [1.165, 1.54) is 0 Å². The molecule has 1 aliphatic heterocycles. The predicted molar refractivity (Wildman–Crippen MR) is 104 cm³/mol. The molecule has 4 rings (SSSR count). The Kier molecular flexibility index (Phi) is 4.43. The summed E-state index contributed by atoms with van der Waals surface area (Å²) in [5.41, 5.74) is 5.23. The molecule has 0 amide bonds. The van der Waals surface area contributed by atoms with Gasteiger partial charge in [0.25, 0.3) is 0 Å². The molecule has 2 heterocycles. The number of hydrogen-bond donors (Lipinski definition) is 1. The van der Waals surface area contributed by atoms with Crippen LogP contribution >= 0.6 is 11.6 Å². The van der Waals surface area contributed by atoms with Gasteiger partial charge in [-0.3, -0.25) is 0 Å². The summed E-state index contributed by atoms with van der Waals surface area (Å²) < 4.78 is 11.2. The predicted octanol–water partition coefficient (Wildman–Crippen LogP) is 5.26. The number of fused-ring (bicyclic) bond motifs is 1. The fourth-order valence-electron chi connectivity index (χ4n) is 3.20. The van der Waals surface area contributed by atoms with Gasteiger partial charge in [-0.25, -0.2) is 4.98 Å².